The number of aromatic nitrogens is 2. The third-order valence-corrected chi connectivity index (χ3v) is 4.76. The molecule has 0 radical (unpaired) electrons. The Morgan fingerprint density at radius 3 is 2.54 bits per heavy atom. The van der Waals surface area contributed by atoms with Gasteiger partial charge >= 0.3 is 0 Å². The Bertz CT molecular complexity index is 792. The van der Waals surface area contributed by atoms with E-state index in [0.717, 1.165) is 17.5 Å². The van der Waals surface area contributed by atoms with Crippen LogP contribution in [0.25, 0.3) is 0 Å². The number of rotatable bonds is 3. The lowest BCUT2D eigenvalue weighted by Gasteiger charge is -2.22. The standard InChI is InChI=1S/C20H24N4O2/c1-15-4-5-17(16(2)12-15)13-19(25)23-8-3-9-24(11-10-23)20(26)18-14-21-6-7-22-18/h4-7,12,14H,3,8-11,13H2,1-2H3. The minimum Gasteiger partial charge on any atom is -0.341 e. The first-order chi connectivity index (χ1) is 12.5. The predicted octanol–water partition coefficient (Wildman–Crippen LogP) is 2.01. The number of carbonyl (C=O) groups is 2. The van der Waals surface area contributed by atoms with Gasteiger partial charge in [-0.05, 0) is 31.4 Å². The molecule has 0 saturated carbocycles. The van der Waals surface area contributed by atoms with Crippen molar-refractivity contribution in [3.63, 3.8) is 0 Å². The molecule has 0 atom stereocenters. The molecule has 26 heavy (non-hydrogen) atoms. The maximum Gasteiger partial charge on any atom is 0.274 e. The number of carbonyl (C=O) groups excluding carboxylic acids is 2. The van der Waals surface area contributed by atoms with E-state index >= 15 is 0 Å². The lowest BCUT2D eigenvalue weighted by atomic mass is 10.0. The van der Waals surface area contributed by atoms with Gasteiger partial charge in [-0.15, -0.1) is 0 Å². The molecule has 2 heterocycles. The number of aryl methyl sites for hydroxylation is 2. The molecule has 0 unspecified atom stereocenters. The number of nitrogens with zero attached hydrogens (tertiary/aromatic N) is 4. The Hall–Kier alpha value is -2.76. The lowest BCUT2D eigenvalue weighted by molar-refractivity contribution is -0.130. The van der Waals surface area contributed by atoms with E-state index in [1.807, 2.05) is 24.0 Å². The van der Waals surface area contributed by atoms with Gasteiger partial charge in [0, 0.05) is 38.6 Å². The van der Waals surface area contributed by atoms with Gasteiger partial charge in [0.25, 0.3) is 5.91 Å². The number of amides is 2. The second-order valence-corrected chi connectivity index (χ2v) is 6.72. The van der Waals surface area contributed by atoms with E-state index in [4.69, 9.17) is 0 Å². The molecule has 6 heteroatoms. The van der Waals surface area contributed by atoms with Crippen LogP contribution in [-0.4, -0.2) is 57.8 Å². The van der Waals surface area contributed by atoms with Crippen LogP contribution in [0.1, 0.15) is 33.6 Å². The van der Waals surface area contributed by atoms with Gasteiger partial charge in [0.15, 0.2) is 0 Å². The predicted molar refractivity (Wildman–Crippen MR) is 98.8 cm³/mol. The number of hydrogen-bond donors (Lipinski definition) is 0. The molecule has 0 N–H and O–H groups in total. The zero-order chi connectivity index (χ0) is 18.5. The van der Waals surface area contributed by atoms with Crippen LogP contribution in [0.2, 0.25) is 0 Å². The van der Waals surface area contributed by atoms with Crippen LogP contribution < -0.4 is 0 Å². The fourth-order valence-electron chi connectivity index (χ4n) is 3.26. The summed E-state index contributed by atoms with van der Waals surface area (Å²) < 4.78 is 0. The van der Waals surface area contributed by atoms with Crippen LogP contribution in [0, 0.1) is 13.8 Å². The van der Waals surface area contributed by atoms with Crippen molar-refractivity contribution in [2.75, 3.05) is 26.2 Å². The Morgan fingerprint density at radius 2 is 1.81 bits per heavy atom. The average Bonchev–Trinajstić information content (AvgIpc) is 2.90. The average molecular weight is 352 g/mol. The first-order valence-electron chi connectivity index (χ1n) is 8.94. The highest BCUT2D eigenvalue weighted by molar-refractivity contribution is 5.92. The van der Waals surface area contributed by atoms with Gasteiger partial charge in [-0.25, -0.2) is 4.98 Å². The lowest BCUT2D eigenvalue weighted by Crippen LogP contribution is -2.38. The normalized spacial score (nSPS) is 14.8. The van der Waals surface area contributed by atoms with Crippen LogP contribution in [0.5, 0.6) is 0 Å². The SMILES string of the molecule is Cc1ccc(CC(=O)N2CCCN(C(=O)c3cnccn3)CC2)c(C)c1. The molecule has 1 saturated heterocycles. The molecule has 2 amide bonds. The minimum atomic E-state index is -0.123. The Morgan fingerprint density at radius 1 is 1.04 bits per heavy atom. The third kappa shape index (κ3) is 4.25. The van der Waals surface area contributed by atoms with E-state index in [2.05, 4.69) is 23.0 Å². The molecular weight excluding hydrogens is 328 g/mol. The topological polar surface area (TPSA) is 66.4 Å². The van der Waals surface area contributed by atoms with E-state index in [-0.39, 0.29) is 11.8 Å². The van der Waals surface area contributed by atoms with E-state index in [0.29, 0.717) is 38.3 Å². The summed E-state index contributed by atoms with van der Waals surface area (Å²) in [6.07, 6.45) is 5.72. The molecular formula is C20H24N4O2. The fraction of sp³-hybridized carbons (Fsp3) is 0.400. The highest BCUT2D eigenvalue weighted by Crippen LogP contribution is 2.14. The summed E-state index contributed by atoms with van der Waals surface area (Å²) in [7, 11) is 0. The first-order valence-corrected chi connectivity index (χ1v) is 8.94. The van der Waals surface area contributed by atoms with Crippen molar-refractivity contribution >= 4 is 11.8 Å². The van der Waals surface area contributed by atoms with E-state index in [9.17, 15) is 9.59 Å². The third-order valence-electron chi connectivity index (χ3n) is 4.76. The van der Waals surface area contributed by atoms with Crippen molar-refractivity contribution in [1.82, 2.24) is 19.8 Å². The number of hydrogen-bond acceptors (Lipinski definition) is 4. The summed E-state index contributed by atoms with van der Waals surface area (Å²) >= 11 is 0. The van der Waals surface area contributed by atoms with E-state index in [1.54, 1.807) is 11.1 Å². The van der Waals surface area contributed by atoms with Crippen molar-refractivity contribution in [3.05, 3.63) is 59.2 Å². The molecule has 0 spiro atoms. The van der Waals surface area contributed by atoms with Gasteiger partial charge in [0.05, 0.1) is 12.6 Å². The van der Waals surface area contributed by atoms with Crippen molar-refractivity contribution in [1.29, 1.82) is 0 Å². The summed E-state index contributed by atoms with van der Waals surface area (Å²) in [4.78, 5) is 36.9. The first kappa shape index (κ1) is 18.0. The largest absolute Gasteiger partial charge is 0.341 e. The maximum atomic E-state index is 12.7. The Kier molecular flexibility index (Phi) is 5.61. The summed E-state index contributed by atoms with van der Waals surface area (Å²) in [6.45, 7) is 6.47. The molecule has 3 rings (SSSR count). The smallest absolute Gasteiger partial charge is 0.274 e. The quantitative estimate of drug-likeness (QED) is 0.847. The van der Waals surface area contributed by atoms with Gasteiger partial charge in [0.2, 0.25) is 5.91 Å². The molecule has 1 aliphatic heterocycles. The highest BCUT2D eigenvalue weighted by Gasteiger charge is 2.23. The summed E-state index contributed by atoms with van der Waals surface area (Å²) in [5.74, 6) is -0.00691. The second-order valence-electron chi connectivity index (χ2n) is 6.72. The van der Waals surface area contributed by atoms with Crippen LogP contribution in [0.4, 0.5) is 0 Å². The van der Waals surface area contributed by atoms with Gasteiger partial charge < -0.3 is 9.80 Å². The van der Waals surface area contributed by atoms with Gasteiger partial charge in [-0.3, -0.25) is 14.6 Å². The van der Waals surface area contributed by atoms with Crippen LogP contribution in [0.15, 0.2) is 36.8 Å². The molecule has 1 aromatic heterocycles. The molecule has 136 valence electrons. The van der Waals surface area contributed by atoms with Crippen molar-refractivity contribution in [3.8, 4) is 0 Å². The van der Waals surface area contributed by atoms with Crippen molar-refractivity contribution in [2.24, 2.45) is 0 Å². The molecule has 1 aromatic carbocycles. The van der Waals surface area contributed by atoms with E-state index < -0.39 is 0 Å². The highest BCUT2D eigenvalue weighted by atomic mass is 16.2. The van der Waals surface area contributed by atoms with Gasteiger partial charge in [-0.1, -0.05) is 23.8 Å². The maximum absolute atomic E-state index is 12.7. The monoisotopic (exact) mass is 352 g/mol. The van der Waals surface area contributed by atoms with Gasteiger partial charge in [0.1, 0.15) is 5.69 Å². The second kappa shape index (κ2) is 8.08. The van der Waals surface area contributed by atoms with Gasteiger partial charge in [-0.2, -0.15) is 0 Å². The van der Waals surface area contributed by atoms with Crippen LogP contribution in [-0.2, 0) is 11.2 Å². The summed E-state index contributed by atoms with van der Waals surface area (Å²) in [5, 5.41) is 0. The summed E-state index contributed by atoms with van der Waals surface area (Å²) in [5.41, 5.74) is 3.76. The van der Waals surface area contributed by atoms with Crippen LogP contribution >= 0.6 is 0 Å². The molecule has 1 fully saturated rings. The van der Waals surface area contributed by atoms with Crippen molar-refractivity contribution in [2.45, 2.75) is 26.7 Å². The molecule has 2 aromatic rings. The molecule has 0 bridgehead atoms. The molecule has 6 nitrogen and oxygen atoms in total. The Labute approximate surface area is 153 Å². The molecule has 1 aliphatic rings. The van der Waals surface area contributed by atoms with Crippen LogP contribution in [0.3, 0.4) is 0 Å². The minimum absolute atomic E-state index is 0.116. The summed E-state index contributed by atoms with van der Waals surface area (Å²) in [6, 6.07) is 6.18. The van der Waals surface area contributed by atoms with E-state index in [1.165, 1.54) is 18.0 Å². The number of benzene rings is 1. The van der Waals surface area contributed by atoms with Crippen molar-refractivity contribution < 1.29 is 9.59 Å². The molecule has 0 aliphatic carbocycles. The Balaban J connectivity index is 1.61. The fourth-order valence-corrected chi connectivity index (χ4v) is 3.26. The zero-order valence-corrected chi connectivity index (χ0v) is 15.3. The zero-order valence-electron chi connectivity index (χ0n) is 15.3.